The Morgan fingerprint density at radius 1 is 1.12 bits per heavy atom. The van der Waals surface area contributed by atoms with Crippen molar-refractivity contribution in [2.45, 2.75) is 31.4 Å². The quantitative estimate of drug-likeness (QED) is 0.452. The highest BCUT2D eigenvalue weighted by Crippen LogP contribution is 2.38. The van der Waals surface area contributed by atoms with Crippen molar-refractivity contribution in [2.75, 3.05) is 17.7 Å². The first-order chi connectivity index (χ1) is 16.2. The summed E-state index contributed by atoms with van der Waals surface area (Å²) in [5, 5.41) is 5.49. The molecule has 0 saturated carbocycles. The van der Waals surface area contributed by atoms with Gasteiger partial charge in [0.05, 0.1) is 24.3 Å². The van der Waals surface area contributed by atoms with Crippen LogP contribution in [0.4, 0.5) is 28.4 Å². The number of benzene rings is 2. The van der Waals surface area contributed by atoms with Crippen LogP contribution in [0.15, 0.2) is 42.5 Å². The maximum atomic E-state index is 13.5. The number of thiazole rings is 1. The molecule has 3 aromatic rings. The van der Waals surface area contributed by atoms with E-state index in [0.29, 0.717) is 53.5 Å². The maximum Gasteiger partial charge on any atom is 0.419 e. The number of hydrogen-bond acceptors (Lipinski definition) is 5. The van der Waals surface area contributed by atoms with Gasteiger partial charge in [0.1, 0.15) is 11.6 Å². The molecule has 34 heavy (non-hydrogen) atoms. The van der Waals surface area contributed by atoms with E-state index < -0.39 is 29.4 Å². The lowest BCUT2D eigenvalue weighted by Gasteiger charge is -2.20. The van der Waals surface area contributed by atoms with Crippen LogP contribution in [-0.2, 0) is 17.4 Å². The van der Waals surface area contributed by atoms with E-state index in [2.05, 4.69) is 15.6 Å². The van der Waals surface area contributed by atoms with E-state index in [4.69, 9.17) is 4.74 Å². The Balaban J connectivity index is 1.50. The number of alkyl halides is 3. The van der Waals surface area contributed by atoms with Crippen molar-refractivity contribution >= 4 is 34.0 Å². The van der Waals surface area contributed by atoms with Crippen molar-refractivity contribution in [3.63, 3.8) is 0 Å². The van der Waals surface area contributed by atoms with Crippen molar-refractivity contribution in [2.24, 2.45) is 0 Å². The third kappa shape index (κ3) is 5.04. The lowest BCUT2D eigenvalue weighted by molar-refractivity contribution is -0.140. The number of nitrogens with zero attached hydrogens (tertiary/aromatic N) is 1. The topological polar surface area (TPSA) is 80.3 Å². The van der Waals surface area contributed by atoms with Crippen molar-refractivity contribution in [3.05, 3.63) is 70.0 Å². The summed E-state index contributed by atoms with van der Waals surface area (Å²) >= 11 is 1.26. The summed E-state index contributed by atoms with van der Waals surface area (Å²) in [7, 11) is 1.52. The van der Waals surface area contributed by atoms with Crippen LogP contribution < -0.4 is 15.4 Å². The molecule has 0 spiro atoms. The molecule has 1 heterocycles. The van der Waals surface area contributed by atoms with E-state index in [9.17, 15) is 27.2 Å². The minimum Gasteiger partial charge on any atom is -0.497 e. The van der Waals surface area contributed by atoms with Crippen LogP contribution in [-0.4, -0.2) is 23.9 Å². The molecule has 2 amide bonds. The predicted molar refractivity (Wildman–Crippen MR) is 119 cm³/mol. The Hall–Kier alpha value is -3.47. The Labute approximate surface area is 196 Å². The standard InChI is InChI=1S/C23H19F4N3O3S/c1-33-14-8-5-12(6-9-14)20(31)30-22-29-19-15(3-2-4-18(19)34-22)21(32)28-13-7-10-17(24)16(11-13)23(25,26)27/h5-11,15H,2-4H2,1H3,(H,28,32)(H,29,30,31). The molecular weight excluding hydrogens is 474 g/mol. The molecule has 178 valence electrons. The molecule has 0 fully saturated rings. The molecule has 0 radical (unpaired) electrons. The van der Waals surface area contributed by atoms with E-state index in [-0.39, 0.29) is 11.6 Å². The molecule has 11 heteroatoms. The molecule has 2 aromatic carbocycles. The van der Waals surface area contributed by atoms with Gasteiger partial charge in [-0.25, -0.2) is 9.37 Å². The van der Waals surface area contributed by atoms with E-state index in [1.165, 1.54) is 18.4 Å². The highest BCUT2D eigenvalue weighted by atomic mass is 32.1. The van der Waals surface area contributed by atoms with E-state index >= 15 is 0 Å². The molecule has 1 aliphatic carbocycles. The molecule has 4 rings (SSSR count). The summed E-state index contributed by atoms with van der Waals surface area (Å²) in [4.78, 5) is 30.7. The first kappa shape index (κ1) is 23.7. The van der Waals surface area contributed by atoms with Crippen molar-refractivity contribution in [1.29, 1.82) is 0 Å². The fraction of sp³-hybridized carbons (Fsp3) is 0.261. The number of aryl methyl sites for hydroxylation is 1. The number of methoxy groups -OCH3 is 1. The first-order valence-corrected chi connectivity index (χ1v) is 11.1. The number of fused-ring (bicyclic) bond motifs is 1. The zero-order valence-corrected chi connectivity index (χ0v) is 18.6. The summed E-state index contributed by atoms with van der Waals surface area (Å²) < 4.78 is 57.6. The number of amides is 2. The molecule has 1 aromatic heterocycles. The van der Waals surface area contributed by atoms with Gasteiger partial charge in [0.25, 0.3) is 5.91 Å². The normalized spacial score (nSPS) is 15.4. The third-order valence-electron chi connectivity index (χ3n) is 5.38. The van der Waals surface area contributed by atoms with Crippen molar-refractivity contribution in [1.82, 2.24) is 4.98 Å². The Bertz CT molecular complexity index is 1230. The van der Waals surface area contributed by atoms with Crippen LogP contribution in [0.5, 0.6) is 5.75 Å². The largest absolute Gasteiger partial charge is 0.497 e. The Morgan fingerprint density at radius 2 is 1.85 bits per heavy atom. The summed E-state index contributed by atoms with van der Waals surface area (Å²) in [6.07, 6.45) is -3.09. The number of rotatable bonds is 5. The van der Waals surface area contributed by atoms with Crippen molar-refractivity contribution < 1.29 is 31.9 Å². The first-order valence-electron chi connectivity index (χ1n) is 10.3. The van der Waals surface area contributed by atoms with Gasteiger partial charge in [-0.3, -0.25) is 14.9 Å². The van der Waals surface area contributed by atoms with E-state index in [1.54, 1.807) is 24.3 Å². The molecule has 6 nitrogen and oxygen atoms in total. The number of carbonyl (C=O) groups is 2. The fourth-order valence-corrected chi connectivity index (χ4v) is 4.75. The number of anilines is 2. The zero-order valence-electron chi connectivity index (χ0n) is 17.8. The maximum absolute atomic E-state index is 13.5. The summed E-state index contributed by atoms with van der Waals surface area (Å²) in [6.45, 7) is 0. The number of ether oxygens (including phenoxy) is 1. The Morgan fingerprint density at radius 3 is 2.53 bits per heavy atom. The molecule has 0 saturated heterocycles. The average molecular weight is 493 g/mol. The van der Waals surface area contributed by atoms with Gasteiger partial charge >= 0.3 is 6.18 Å². The van der Waals surface area contributed by atoms with Gasteiger partial charge in [0.2, 0.25) is 5.91 Å². The highest BCUT2D eigenvalue weighted by Gasteiger charge is 2.35. The van der Waals surface area contributed by atoms with Gasteiger partial charge in [0, 0.05) is 16.1 Å². The van der Waals surface area contributed by atoms with Gasteiger partial charge < -0.3 is 10.1 Å². The summed E-state index contributed by atoms with van der Waals surface area (Å²) in [5.41, 5.74) is -0.724. The van der Waals surface area contributed by atoms with Crippen LogP contribution in [0.2, 0.25) is 0 Å². The summed E-state index contributed by atoms with van der Waals surface area (Å²) in [5.74, 6) is -2.42. The lowest BCUT2D eigenvalue weighted by Crippen LogP contribution is -2.25. The van der Waals surface area contributed by atoms with Crippen LogP contribution in [0, 0.1) is 5.82 Å². The monoisotopic (exact) mass is 493 g/mol. The molecule has 2 N–H and O–H groups in total. The molecule has 1 atom stereocenters. The number of halogens is 4. The lowest BCUT2D eigenvalue weighted by atomic mass is 9.90. The van der Waals surface area contributed by atoms with Gasteiger partial charge in [-0.05, 0) is 61.7 Å². The highest BCUT2D eigenvalue weighted by molar-refractivity contribution is 7.16. The van der Waals surface area contributed by atoms with Crippen LogP contribution >= 0.6 is 11.3 Å². The van der Waals surface area contributed by atoms with Gasteiger partial charge in [-0.15, -0.1) is 11.3 Å². The SMILES string of the molecule is COc1ccc(C(=O)Nc2nc3c(s2)CCCC3C(=O)Nc2ccc(F)c(C(F)(F)F)c2)cc1. The second-order valence-electron chi connectivity index (χ2n) is 7.64. The predicted octanol–water partition coefficient (Wildman–Crippen LogP) is 5.62. The van der Waals surface area contributed by atoms with E-state index in [0.717, 1.165) is 10.9 Å². The fourth-order valence-electron chi connectivity index (χ4n) is 3.69. The minimum atomic E-state index is -4.88. The van der Waals surface area contributed by atoms with Gasteiger partial charge in [-0.2, -0.15) is 13.2 Å². The molecular formula is C23H19F4N3O3S. The summed E-state index contributed by atoms with van der Waals surface area (Å²) in [6, 6.07) is 8.84. The zero-order chi connectivity index (χ0) is 24.5. The van der Waals surface area contributed by atoms with Gasteiger partial charge in [-0.1, -0.05) is 0 Å². The van der Waals surface area contributed by atoms with Crippen molar-refractivity contribution in [3.8, 4) is 5.75 Å². The van der Waals surface area contributed by atoms with Gasteiger partial charge in [0.15, 0.2) is 5.13 Å². The van der Waals surface area contributed by atoms with Crippen LogP contribution in [0.1, 0.15) is 45.3 Å². The average Bonchev–Trinajstić information content (AvgIpc) is 3.22. The smallest absolute Gasteiger partial charge is 0.419 e. The molecule has 1 unspecified atom stereocenters. The van der Waals surface area contributed by atoms with Crippen LogP contribution in [0.25, 0.3) is 0 Å². The second-order valence-corrected chi connectivity index (χ2v) is 8.72. The number of nitrogens with one attached hydrogen (secondary N) is 2. The number of hydrogen-bond donors (Lipinski definition) is 2. The minimum absolute atomic E-state index is 0.158. The third-order valence-corrected chi connectivity index (χ3v) is 6.43. The molecule has 0 aliphatic heterocycles. The molecule has 1 aliphatic rings. The van der Waals surface area contributed by atoms with E-state index in [1.807, 2.05) is 0 Å². The Kier molecular flexibility index (Phi) is 6.56. The second kappa shape index (κ2) is 9.41. The number of carbonyl (C=O) groups excluding carboxylic acids is 2. The molecule has 0 bridgehead atoms. The number of aromatic nitrogens is 1. The van der Waals surface area contributed by atoms with Crippen LogP contribution in [0.3, 0.4) is 0 Å².